The van der Waals surface area contributed by atoms with Crippen LogP contribution in [-0.2, 0) is 21.0 Å². The summed E-state index contributed by atoms with van der Waals surface area (Å²) in [6, 6.07) is 4.08. The summed E-state index contributed by atoms with van der Waals surface area (Å²) < 4.78 is 30.5. The van der Waals surface area contributed by atoms with E-state index in [1.165, 1.54) is 18.2 Å². The molecule has 0 saturated carbocycles. The van der Waals surface area contributed by atoms with Gasteiger partial charge in [-0.3, -0.25) is 9.59 Å². The van der Waals surface area contributed by atoms with Gasteiger partial charge in [0.2, 0.25) is 5.91 Å². The van der Waals surface area contributed by atoms with Crippen molar-refractivity contribution in [3.8, 4) is 0 Å². The molecular weight excluding hydrogens is 290 g/mol. The predicted octanol–water partition coefficient (Wildman–Crippen LogP) is 1.67. The summed E-state index contributed by atoms with van der Waals surface area (Å²) in [6.07, 6.45) is -0.509. The molecule has 20 heavy (non-hydrogen) atoms. The first kappa shape index (κ1) is 16.0. The van der Waals surface area contributed by atoms with E-state index < -0.39 is 30.8 Å². The Hall–Kier alpha value is -2.09. The zero-order chi connectivity index (χ0) is 15.1. The molecule has 0 fully saturated rings. The van der Waals surface area contributed by atoms with Gasteiger partial charge in [-0.1, -0.05) is 12.1 Å². The number of halogens is 2. The Balaban J connectivity index is 2.63. The lowest BCUT2D eigenvalue weighted by molar-refractivity contribution is -0.143. The molecule has 8 heteroatoms. The van der Waals surface area contributed by atoms with E-state index in [-0.39, 0.29) is 16.4 Å². The molecule has 0 aliphatic rings. The van der Waals surface area contributed by atoms with Crippen molar-refractivity contribution < 1.29 is 23.1 Å². The van der Waals surface area contributed by atoms with Crippen molar-refractivity contribution in [1.29, 1.82) is 0 Å². The number of esters is 1. The van der Waals surface area contributed by atoms with E-state index in [1.807, 2.05) is 0 Å². The summed E-state index contributed by atoms with van der Waals surface area (Å²) >= 11 is 4.78. The highest BCUT2D eigenvalue weighted by molar-refractivity contribution is 7.80. The summed E-state index contributed by atoms with van der Waals surface area (Å²) in [6.45, 7) is -0.956. The van der Waals surface area contributed by atoms with Gasteiger partial charge in [-0.05, 0) is 18.3 Å². The van der Waals surface area contributed by atoms with Crippen molar-refractivity contribution in [2.75, 3.05) is 12.4 Å². The van der Waals surface area contributed by atoms with Crippen molar-refractivity contribution in [2.24, 2.45) is 0 Å². The fourth-order valence-electron chi connectivity index (χ4n) is 1.31. The summed E-state index contributed by atoms with van der Waals surface area (Å²) in [5.41, 5.74) is -0.192. The number of carbonyl (C=O) groups is 2. The lowest BCUT2D eigenvalue weighted by Crippen LogP contribution is -2.35. The van der Waals surface area contributed by atoms with E-state index >= 15 is 0 Å². The third-order valence-corrected chi connectivity index (χ3v) is 2.46. The Bertz CT molecular complexity index is 537. The Labute approximate surface area is 119 Å². The van der Waals surface area contributed by atoms with Gasteiger partial charge >= 0.3 is 5.97 Å². The second-order valence-corrected chi connectivity index (χ2v) is 4.08. The molecule has 0 aromatic heterocycles. The van der Waals surface area contributed by atoms with Crippen LogP contribution in [0.3, 0.4) is 0 Å². The molecule has 1 aromatic carbocycles. The van der Waals surface area contributed by atoms with Gasteiger partial charge in [-0.2, -0.15) is 0 Å². The minimum atomic E-state index is -0.956. The number of amides is 1. The van der Waals surface area contributed by atoms with Crippen molar-refractivity contribution in [3.63, 3.8) is 0 Å². The van der Waals surface area contributed by atoms with Crippen LogP contribution < -0.4 is 10.6 Å². The second-order valence-electron chi connectivity index (χ2n) is 3.67. The van der Waals surface area contributed by atoms with Gasteiger partial charge in [0.05, 0.1) is 12.8 Å². The predicted molar refractivity (Wildman–Crippen MR) is 72.2 cm³/mol. The molecule has 0 atom stereocenters. The number of thiocarbonyl (C=S) groups is 1. The van der Waals surface area contributed by atoms with Crippen LogP contribution >= 0.6 is 12.2 Å². The van der Waals surface area contributed by atoms with E-state index in [1.54, 1.807) is 0 Å². The maximum Gasteiger partial charge on any atom is 0.315 e. The van der Waals surface area contributed by atoms with E-state index in [9.17, 15) is 18.4 Å². The summed E-state index contributed by atoms with van der Waals surface area (Å²) in [5, 5.41) is 4.39. The van der Waals surface area contributed by atoms with Gasteiger partial charge in [0.15, 0.2) is 10.9 Å². The maximum atomic E-state index is 13.7. The van der Waals surface area contributed by atoms with Crippen LogP contribution in [0.4, 0.5) is 14.5 Å². The zero-order valence-electron chi connectivity index (χ0n) is 10.5. The fourth-order valence-corrected chi connectivity index (χ4v) is 1.53. The Morgan fingerprint density at radius 1 is 1.40 bits per heavy atom. The fraction of sp³-hybridized carbons (Fsp3) is 0.250. The van der Waals surface area contributed by atoms with Crippen LogP contribution in [0.25, 0.3) is 0 Å². The highest BCUT2D eigenvalue weighted by Crippen LogP contribution is 2.18. The monoisotopic (exact) mass is 302 g/mol. The molecule has 1 amide bonds. The normalized spacial score (nSPS) is 9.75. The van der Waals surface area contributed by atoms with Crippen LogP contribution in [0.15, 0.2) is 18.2 Å². The number of carbonyl (C=O) groups excluding carboxylic acids is 2. The summed E-state index contributed by atoms with van der Waals surface area (Å²) in [5.74, 6) is -2.22. The topological polar surface area (TPSA) is 67.4 Å². The number of hydrogen-bond donors (Lipinski definition) is 2. The van der Waals surface area contributed by atoms with Crippen molar-refractivity contribution in [2.45, 2.75) is 13.1 Å². The summed E-state index contributed by atoms with van der Waals surface area (Å²) in [7, 11) is 1.14. The molecule has 1 rings (SSSR count). The molecule has 0 bridgehead atoms. The van der Waals surface area contributed by atoms with Crippen LogP contribution in [0.2, 0.25) is 0 Å². The van der Waals surface area contributed by atoms with Crippen LogP contribution in [0.5, 0.6) is 0 Å². The third kappa shape index (κ3) is 4.54. The smallest absolute Gasteiger partial charge is 0.315 e. The molecule has 108 valence electrons. The molecule has 5 nitrogen and oxygen atoms in total. The standard InChI is InChI=1S/C12H12F2N2O3S/c1-19-10(18)5-9(17)16-12(20)15-8-4-2-3-7(6-13)11(8)14/h2-4H,5-6H2,1H3,(H2,15,16,17,20). The van der Waals surface area contributed by atoms with Gasteiger partial charge in [0.25, 0.3) is 0 Å². The van der Waals surface area contributed by atoms with Gasteiger partial charge in [0, 0.05) is 5.56 Å². The molecular formula is C12H12F2N2O3S. The lowest BCUT2D eigenvalue weighted by Gasteiger charge is -2.11. The second kappa shape index (κ2) is 7.49. The van der Waals surface area contributed by atoms with Crippen LogP contribution in [0.1, 0.15) is 12.0 Å². The number of benzene rings is 1. The van der Waals surface area contributed by atoms with Crippen molar-refractivity contribution >= 4 is 34.9 Å². The average molecular weight is 302 g/mol. The van der Waals surface area contributed by atoms with Gasteiger partial charge < -0.3 is 15.4 Å². The molecule has 0 saturated heterocycles. The third-order valence-electron chi connectivity index (χ3n) is 2.26. The molecule has 0 spiro atoms. The molecule has 0 unspecified atom stereocenters. The molecule has 0 radical (unpaired) electrons. The highest BCUT2D eigenvalue weighted by Gasteiger charge is 2.13. The zero-order valence-corrected chi connectivity index (χ0v) is 11.4. The SMILES string of the molecule is COC(=O)CC(=O)NC(=S)Nc1cccc(CF)c1F. The number of anilines is 1. The quantitative estimate of drug-likeness (QED) is 0.503. The van der Waals surface area contributed by atoms with Gasteiger partial charge in [-0.15, -0.1) is 0 Å². The van der Waals surface area contributed by atoms with Crippen LogP contribution in [0, 0.1) is 5.82 Å². The molecule has 0 aliphatic heterocycles. The van der Waals surface area contributed by atoms with E-state index in [0.29, 0.717) is 0 Å². The van der Waals surface area contributed by atoms with E-state index in [4.69, 9.17) is 12.2 Å². The number of nitrogens with one attached hydrogen (secondary N) is 2. The number of rotatable bonds is 4. The Morgan fingerprint density at radius 2 is 2.10 bits per heavy atom. The van der Waals surface area contributed by atoms with Gasteiger partial charge in [0.1, 0.15) is 13.1 Å². The van der Waals surface area contributed by atoms with Gasteiger partial charge in [-0.25, -0.2) is 8.78 Å². The largest absolute Gasteiger partial charge is 0.469 e. The number of hydrogen-bond acceptors (Lipinski definition) is 4. The Morgan fingerprint density at radius 3 is 2.70 bits per heavy atom. The van der Waals surface area contributed by atoms with E-state index in [2.05, 4.69) is 15.4 Å². The molecule has 0 heterocycles. The van der Waals surface area contributed by atoms with Crippen molar-refractivity contribution in [1.82, 2.24) is 5.32 Å². The average Bonchev–Trinajstić information content (AvgIpc) is 2.40. The first-order chi connectivity index (χ1) is 9.47. The molecule has 0 aliphatic carbocycles. The minimum Gasteiger partial charge on any atom is -0.469 e. The Kier molecular flexibility index (Phi) is 5.98. The number of ether oxygens (including phenoxy) is 1. The molecule has 1 aromatic rings. The number of methoxy groups -OCH3 is 1. The van der Waals surface area contributed by atoms with Crippen molar-refractivity contribution in [3.05, 3.63) is 29.6 Å². The lowest BCUT2D eigenvalue weighted by atomic mass is 10.2. The number of alkyl halides is 1. The molecule has 2 N–H and O–H groups in total. The minimum absolute atomic E-state index is 0.0662. The summed E-state index contributed by atoms with van der Waals surface area (Å²) in [4.78, 5) is 22.2. The maximum absolute atomic E-state index is 13.7. The first-order valence-electron chi connectivity index (χ1n) is 5.49. The van der Waals surface area contributed by atoms with E-state index in [0.717, 1.165) is 7.11 Å². The highest BCUT2D eigenvalue weighted by atomic mass is 32.1. The van der Waals surface area contributed by atoms with Crippen LogP contribution in [-0.4, -0.2) is 24.1 Å². The first-order valence-corrected chi connectivity index (χ1v) is 5.89.